The van der Waals surface area contributed by atoms with E-state index in [9.17, 15) is 0 Å². The van der Waals surface area contributed by atoms with Crippen LogP contribution in [0.2, 0.25) is 0 Å². The number of rotatable bonds is 4. The monoisotopic (exact) mass is 605 g/mol. The summed E-state index contributed by atoms with van der Waals surface area (Å²) in [7, 11) is 0. The van der Waals surface area contributed by atoms with Crippen LogP contribution in [0.5, 0.6) is 0 Å². The first-order valence-electron chi connectivity index (χ1n) is 17.5. The minimum absolute atomic E-state index is 0.0784. The van der Waals surface area contributed by atoms with Crippen LogP contribution in [0.15, 0.2) is 140 Å². The van der Waals surface area contributed by atoms with Crippen LogP contribution in [0.4, 0.5) is 17.1 Å². The van der Waals surface area contributed by atoms with Gasteiger partial charge < -0.3 is 4.90 Å². The maximum absolute atomic E-state index is 2.59. The molecule has 2 saturated carbocycles. The number of benzene rings is 6. The van der Waals surface area contributed by atoms with Gasteiger partial charge in [-0.05, 0) is 99.9 Å². The van der Waals surface area contributed by atoms with E-state index in [1.807, 2.05) is 0 Å². The van der Waals surface area contributed by atoms with Gasteiger partial charge in [-0.2, -0.15) is 0 Å². The number of hydrogen-bond donors (Lipinski definition) is 0. The predicted octanol–water partition coefficient (Wildman–Crippen LogP) is 12.2. The highest BCUT2D eigenvalue weighted by atomic mass is 15.1. The van der Waals surface area contributed by atoms with Crippen molar-refractivity contribution in [3.63, 3.8) is 0 Å². The van der Waals surface area contributed by atoms with Gasteiger partial charge in [0, 0.05) is 27.6 Å². The lowest BCUT2D eigenvalue weighted by atomic mass is 9.67. The molecule has 47 heavy (non-hydrogen) atoms. The molecule has 3 unspecified atom stereocenters. The van der Waals surface area contributed by atoms with Crippen LogP contribution in [0.3, 0.4) is 0 Å². The molecule has 6 aromatic rings. The Morgan fingerprint density at radius 2 is 1.19 bits per heavy atom. The molecular formula is C46H39N. The predicted molar refractivity (Wildman–Crippen MR) is 196 cm³/mol. The first kappa shape index (κ1) is 27.3. The van der Waals surface area contributed by atoms with E-state index in [4.69, 9.17) is 0 Å². The van der Waals surface area contributed by atoms with Gasteiger partial charge in [-0.25, -0.2) is 0 Å². The number of para-hydroxylation sites is 1. The summed E-state index contributed by atoms with van der Waals surface area (Å²) in [5.41, 5.74) is 17.8. The standard InChI is InChI=1S/C46H39N/c1-45(2)38-18-9-6-16-35(38)36-26-25-33(28-41(36)45)47(42-21-11-8-15-34(42)31-13-4-3-5-14-31)43-22-12-20-40-44(43)37-17-7-10-19-39(37)46(40)29-30-23-24-32(46)27-30/h3-22,25-26,28,30,32H,23-24,27,29H2,1-2H3. The summed E-state index contributed by atoms with van der Waals surface area (Å²) in [6.45, 7) is 4.78. The van der Waals surface area contributed by atoms with Crippen molar-refractivity contribution < 1.29 is 0 Å². The van der Waals surface area contributed by atoms with Crippen LogP contribution >= 0.6 is 0 Å². The van der Waals surface area contributed by atoms with Gasteiger partial charge in [-0.3, -0.25) is 0 Å². The van der Waals surface area contributed by atoms with Crippen molar-refractivity contribution in [2.24, 2.45) is 11.8 Å². The Morgan fingerprint density at radius 1 is 0.532 bits per heavy atom. The molecule has 10 rings (SSSR count). The van der Waals surface area contributed by atoms with Crippen LogP contribution in [0.1, 0.15) is 61.8 Å². The van der Waals surface area contributed by atoms with E-state index in [0.29, 0.717) is 0 Å². The Morgan fingerprint density at radius 3 is 1.98 bits per heavy atom. The molecule has 228 valence electrons. The molecule has 0 N–H and O–H groups in total. The number of nitrogens with zero attached hydrogens (tertiary/aromatic N) is 1. The van der Waals surface area contributed by atoms with Crippen molar-refractivity contribution in [1.82, 2.24) is 0 Å². The number of anilines is 3. The molecule has 3 atom stereocenters. The van der Waals surface area contributed by atoms with E-state index in [1.54, 1.807) is 11.1 Å². The van der Waals surface area contributed by atoms with E-state index in [-0.39, 0.29) is 10.8 Å². The molecule has 0 radical (unpaired) electrons. The molecule has 0 heterocycles. The molecule has 1 heteroatoms. The Kier molecular flexibility index (Phi) is 5.69. The van der Waals surface area contributed by atoms with Crippen LogP contribution in [-0.2, 0) is 10.8 Å². The second kappa shape index (κ2) is 9.81. The molecule has 1 nitrogen and oxygen atoms in total. The fourth-order valence-corrected chi connectivity index (χ4v) is 10.4. The highest BCUT2D eigenvalue weighted by molar-refractivity contribution is 5.98. The third-order valence-electron chi connectivity index (χ3n) is 12.3. The van der Waals surface area contributed by atoms with E-state index in [0.717, 1.165) is 11.8 Å². The van der Waals surface area contributed by atoms with Gasteiger partial charge in [-0.15, -0.1) is 0 Å². The smallest absolute Gasteiger partial charge is 0.0543 e. The zero-order valence-corrected chi connectivity index (χ0v) is 27.2. The second-order valence-corrected chi connectivity index (χ2v) is 14.9. The normalized spacial score (nSPS) is 22.2. The van der Waals surface area contributed by atoms with Crippen LogP contribution in [0.25, 0.3) is 33.4 Å². The van der Waals surface area contributed by atoms with Gasteiger partial charge in [0.2, 0.25) is 0 Å². The molecule has 4 aliphatic carbocycles. The highest BCUT2D eigenvalue weighted by Crippen LogP contribution is 2.67. The summed E-state index contributed by atoms with van der Waals surface area (Å²) in [5.74, 6) is 1.58. The van der Waals surface area contributed by atoms with Crippen molar-refractivity contribution >= 4 is 17.1 Å². The van der Waals surface area contributed by atoms with Crippen LogP contribution < -0.4 is 4.90 Å². The molecule has 2 fully saturated rings. The molecule has 6 aromatic carbocycles. The summed E-state index contributed by atoms with van der Waals surface area (Å²) >= 11 is 0. The second-order valence-electron chi connectivity index (χ2n) is 14.9. The topological polar surface area (TPSA) is 3.24 Å². The molecule has 2 bridgehead atoms. The SMILES string of the molecule is CC1(C)c2ccccc2-c2ccc(N(c3ccccc3-c3ccccc3)c3cccc4c3-c3ccccc3C43CC4CCC3C4)cc21. The lowest BCUT2D eigenvalue weighted by molar-refractivity contribution is 0.327. The van der Waals surface area contributed by atoms with Gasteiger partial charge >= 0.3 is 0 Å². The lowest BCUT2D eigenvalue weighted by Crippen LogP contribution is -2.31. The molecular weight excluding hydrogens is 567 g/mol. The maximum Gasteiger partial charge on any atom is 0.0543 e. The van der Waals surface area contributed by atoms with Crippen molar-refractivity contribution in [2.45, 2.75) is 50.4 Å². The maximum atomic E-state index is 2.59. The van der Waals surface area contributed by atoms with Crippen molar-refractivity contribution in [3.8, 4) is 33.4 Å². The first-order valence-corrected chi connectivity index (χ1v) is 17.5. The fourth-order valence-electron chi connectivity index (χ4n) is 10.4. The molecule has 0 saturated heterocycles. The molecule has 0 aromatic heterocycles. The van der Waals surface area contributed by atoms with Crippen molar-refractivity contribution in [2.75, 3.05) is 4.90 Å². The largest absolute Gasteiger partial charge is 0.309 e. The van der Waals surface area contributed by atoms with Gasteiger partial charge in [0.1, 0.15) is 0 Å². The minimum atomic E-state index is -0.0784. The third-order valence-corrected chi connectivity index (χ3v) is 12.3. The van der Waals surface area contributed by atoms with E-state index in [2.05, 4.69) is 158 Å². The van der Waals surface area contributed by atoms with Crippen LogP contribution in [-0.4, -0.2) is 0 Å². The summed E-state index contributed by atoms with van der Waals surface area (Å²) in [6, 6.07) is 52.7. The summed E-state index contributed by atoms with van der Waals surface area (Å²) < 4.78 is 0. The van der Waals surface area contributed by atoms with E-state index in [1.165, 1.54) is 87.3 Å². The quantitative estimate of drug-likeness (QED) is 0.193. The highest BCUT2D eigenvalue weighted by Gasteiger charge is 2.57. The third kappa shape index (κ3) is 3.66. The van der Waals surface area contributed by atoms with Crippen LogP contribution in [0, 0.1) is 11.8 Å². The summed E-state index contributed by atoms with van der Waals surface area (Å²) in [5, 5.41) is 0. The Balaban J connectivity index is 1.25. The average molecular weight is 606 g/mol. The molecule has 0 aliphatic heterocycles. The molecule has 1 spiro atoms. The van der Waals surface area contributed by atoms with Gasteiger partial charge in [0.05, 0.1) is 11.4 Å². The number of fused-ring (bicyclic) bond motifs is 11. The summed E-state index contributed by atoms with van der Waals surface area (Å²) in [6.07, 6.45) is 5.41. The fraction of sp³-hybridized carbons (Fsp3) is 0.217. The zero-order chi connectivity index (χ0) is 31.3. The first-order chi connectivity index (χ1) is 23.1. The zero-order valence-electron chi connectivity index (χ0n) is 27.2. The van der Waals surface area contributed by atoms with Gasteiger partial charge in [-0.1, -0.05) is 136 Å². The van der Waals surface area contributed by atoms with E-state index >= 15 is 0 Å². The molecule has 0 amide bonds. The van der Waals surface area contributed by atoms with Crippen molar-refractivity contribution in [3.05, 3.63) is 162 Å². The van der Waals surface area contributed by atoms with Gasteiger partial charge in [0.15, 0.2) is 0 Å². The summed E-state index contributed by atoms with van der Waals surface area (Å²) in [4.78, 5) is 2.59. The lowest BCUT2D eigenvalue weighted by Gasteiger charge is -2.37. The van der Waals surface area contributed by atoms with Crippen molar-refractivity contribution in [1.29, 1.82) is 0 Å². The Hall–Kier alpha value is -4.88. The minimum Gasteiger partial charge on any atom is -0.309 e. The Labute approximate surface area is 278 Å². The molecule has 4 aliphatic rings. The average Bonchev–Trinajstić information content (AvgIpc) is 3.86. The van der Waals surface area contributed by atoms with E-state index < -0.39 is 0 Å². The van der Waals surface area contributed by atoms with Gasteiger partial charge in [0.25, 0.3) is 0 Å². The number of hydrogen-bond acceptors (Lipinski definition) is 1. The Bertz CT molecular complexity index is 2210.